The zero-order chi connectivity index (χ0) is 14.5. The monoisotopic (exact) mass is 309 g/mol. The van der Waals surface area contributed by atoms with Gasteiger partial charge in [0.05, 0.1) is 10.0 Å². The summed E-state index contributed by atoms with van der Waals surface area (Å²) in [7, 11) is 1.78. The fourth-order valence-electron chi connectivity index (χ4n) is 1.92. The summed E-state index contributed by atoms with van der Waals surface area (Å²) in [6.45, 7) is 2.91. The molecule has 1 atom stereocenters. The predicted molar refractivity (Wildman–Crippen MR) is 87.2 cm³/mol. The van der Waals surface area contributed by atoms with E-state index >= 15 is 0 Å². The number of benzene rings is 1. The minimum Gasteiger partial charge on any atom is -0.372 e. The smallest absolute Gasteiger partial charge is 0.147 e. The van der Waals surface area contributed by atoms with Crippen LogP contribution >= 0.6 is 23.2 Å². The van der Waals surface area contributed by atoms with Gasteiger partial charge in [-0.25, -0.2) is 4.98 Å². The van der Waals surface area contributed by atoms with E-state index in [1.54, 1.807) is 13.1 Å². The summed E-state index contributed by atoms with van der Waals surface area (Å²) in [6.07, 6.45) is 0. The molecule has 0 aliphatic carbocycles. The van der Waals surface area contributed by atoms with Crippen LogP contribution < -0.4 is 10.6 Å². The molecule has 0 saturated heterocycles. The summed E-state index contributed by atoms with van der Waals surface area (Å²) < 4.78 is 0. The maximum atomic E-state index is 6.15. The second kappa shape index (κ2) is 6.82. The molecular weight excluding hydrogens is 293 g/mol. The Bertz CT molecular complexity index is 573. The summed E-state index contributed by atoms with van der Waals surface area (Å²) >= 11 is 12.2. The highest BCUT2D eigenvalue weighted by atomic mass is 35.5. The summed E-state index contributed by atoms with van der Waals surface area (Å²) in [5, 5.41) is 7.25. The van der Waals surface area contributed by atoms with Crippen LogP contribution in [0.15, 0.2) is 36.4 Å². The SMILES string of the molecule is CNc1nc(NCC(C)c2ccccc2)c(Cl)cc1Cl. The minimum atomic E-state index is 0.364. The lowest BCUT2D eigenvalue weighted by Gasteiger charge is -2.15. The van der Waals surface area contributed by atoms with Gasteiger partial charge in [-0.2, -0.15) is 0 Å². The average molecular weight is 310 g/mol. The van der Waals surface area contributed by atoms with Gasteiger partial charge in [-0.1, -0.05) is 60.5 Å². The van der Waals surface area contributed by atoms with Crippen LogP contribution in [-0.2, 0) is 0 Å². The lowest BCUT2D eigenvalue weighted by atomic mass is 10.0. The molecular formula is C15H17Cl2N3. The zero-order valence-electron chi connectivity index (χ0n) is 11.5. The van der Waals surface area contributed by atoms with Crippen LogP contribution in [0.3, 0.4) is 0 Å². The first kappa shape index (κ1) is 14.9. The molecule has 1 heterocycles. The van der Waals surface area contributed by atoms with Crippen molar-refractivity contribution >= 4 is 34.8 Å². The molecule has 0 aliphatic heterocycles. The lowest BCUT2D eigenvalue weighted by Crippen LogP contribution is -2.11. The van der Waals surface area contributed by atoms with E-state index in [-0.39, 0.29) is 0 Å². The molecule has 0 fully saturated rings. The van der Waals surface area contributed by atoms with E-state index in [1.165, 1.54) is 5.56 Å². The number of pyridine rings is 1. The van der Waals surface area contributed by atoms with E-state index < -0.39 is 0 Å². The van der Waals surface area contributed by atoms with Crippen LogP contribution in [0.25, 0.3) is 0 Å². The van der Waals surface area contributed by atoms with Crippen molar-refractivity contribution in [3.8, 4) is 0 Å². The normalized spacial score (nSPS) is 12.0. The van der Waals surface area contributed by atoms with E-state index in [0.29, 0.717) is 27.6 Å². The number of halogens is 2. The maximum Gasteiger partial charge on any atom is 0.147 e. The molecule has 0 spiro atoms. The van der Waals surface area contributed by atoms with Crippen LogP contribution in [0, 0.1) is 0 Å². The molecule has 0 radical (unpaired) electrons. The van der Waals surface area contributed by atoms with E-state index in [1.807, 2.05) is 18.2 Å². The predicted octanol–water partition coefficient (Wildman–Crippen LogP) is 4.65. The average Bonchev–Trinajstić information content (AvgIpc) is 2.47. The molecule has 1 aromatic carbocycles. The highest BCUT2D eigenvalue weighted by Crippen LogP contribution is 2.29. The molecule has 5 heteroatoms. The molecule has 0 aliphatic rings. The number of aromatic nitrogens is 1. The van der Waals surface area contributed by atoms with Crippen LogP contribution in [0.4, 0.5) is 11.6 Å². The van der Waals surface area contributed by atoms with Crippen LogP contribution in [-0.4, -0.2) is 18.6 Å². The van der Waals surface area contributed by atoms with E-state index in [0.717, 1.165) is 6.54 Å². The molecule has 20 heavy (non-hydrogen) atoms. The second-order valence-electron chi connectivity index (χ2n) is 4.59. The van der Waals surface area contributed by atoms with Gasteiger partial charge in [0.25, 0.3) is 0 Å². The largest absolute Gasteiger partial charge is 0.372 e. The molecule has 106 valence electrons. The second-order valence-corrected chi connectivity index (χ2v) is 5.41. The van der Waals surface area contributed by atoms with Crippen molar-refractivity contribution in [2.75, 3.05) is 24.2 Å². The van der Waals surface area contributed by atoms with Gasteiger partial charge in [0.15, 0.2) is 0 Å². The van der Waals surface area contributed by atoms with Crippen molar-refractivity contribution < 1.29 is 0 Å². The van der Waals surface area contributed by atoms with E-state index in [2.05, 4.69) is 34.7 Å². The maximum absolute atomic E-state index is 6.15. The summed E-state index contributed by atoms with van der Waals surface area (Å²) in [4.78, 5) is 4.37. The van der Waals surface area contributed by atoms with Crippen molar-refractivity contribution in [3.63, 3.8) is 0 Å². The number of anilines is 2. The Morgan fingerprint density at radius 1 is 1.10 bits per heavy atom. The molecule has 0 saturated carbocycles. The van der Waals surface area contributed by atoms with Gasteiger partial charge in [-0.05, 0) is 17.5 Å². The molecule has 0 bridgehead atoms. The number of hydrogen-bond donors (Lipinski definition) is 2. The fourth-order valence-corrected chi connectivity index (χ4v) is 2.43. The summed E-state index contributed by atoms with van der Waals surface area (Å²) in [5.41, 5.74) is 1.28. The van der Waals surface area contributed by atoms with Gasteiger partial charge in [-0.15, -0.1) is 0 Å². The van der Waals surface area contributed by atoms with Crippen molar-refractivity contribution in [2.24, 2.45) is 0 Å². The Morgan fingerprint density at radius 2 is 1.75 bits per heavy atom. The molecule has 0 amide bonds. The Kier molecular flexibility index (Phi) is 5.10. The first-order chi connectivity index (χ1) is 9.61. The number of nitrogens with zero attached hydrogens (tertiary/aromatic N) is 1. The molecule has 1 aromatic heterocycles. The van der Waals surface area contributed by atoms with E-state index in [4.69, 9.17) is 23.2 Å². The lowest BCUT2D eigenvalue weighted by molar-refractivity contribution is 0.802. The number of rotatable bonds is 5. The fraction of sp³-hybridized carbons (Fsp3) is 0.267. The van der Waals surface area contributed by atoms with Crippen molar-refractivity contribution in [2.45, 2.75) is 12.8 Å². The molecule has 2 N–H and O–H groups in total. The third-order valence-electron chi connectivity index (χ3n) is 3.11. The minimum absolute atomic E-state index is 0.364. The highest BCUT2D eigenvalue weighted by Gasteiger charge is 2.10. The third-order valence-corrected chi connectivity index (χ3v) is 3.69. The number of hydrogen-bond acceptors (Lipinski definition) is 3. The summed E-state index contributed by atoms with van der Waals surface area (Å²) in [5.74, 6) is 1.62. The van der Waals surface area contributed by atoms with Crippen molar-refractivity contribution in [1.82, 2.24) is 4.98 Å². The van der Waals surface area contributed by atoms with Crippen LogP contribution in [0.1, 0.15) is 18.4 Å². The molecule has 2 aromatic rings. The Labute approximate surface area is 129 Å². The van der Waals surface area contributed by atoms with E-state index in [9.17, 15) is 0 Å². The summed E-state index contributed by atoms with van der Waals surface area (Å²) in [6, 6.07) is 12.0. The zero-order valence-corrected chi connectivity index (χ0v) is 13.0. The first-order valence-electron chi connectivity index (χ1n) is 6.44. The third kappa shape index (κ3) is 3.56. The number of nitrogens with one attached hydrogen (secondary N) is 2. The van der Waals surface area contributed by atoms with Gasteiger partial charge in [0, 0.05) is 13.6 Å². The Balaban J connectivity index is 2.07. The van der Waals surface area contributed by atoms with Crippen molar-refractivity contribution in [3.05, 3.63) is 52.0 Å². The van der Waals surface area contributed by atoms with Gasteiger partial charge in [0.1, 0.15) is 11.6 Å². The Morgan fingerprint density at radius 3 is 2.40 bits per heavy atom. The first-order valence-corrected chi connectivity index (χ1v) is 7.20. The standard InChI is InChI=1S/C15H17Cl2N3/c1-10(11-6-4-3-5-7-11)9-19-15-13(17)8-12(16)14(18-2)20-15/h3-8,10H,9H2,1-2H3,(H2,18,19,20). The van der Waals surface area contributed by atoms with Gasteiger partial charge < -0.3 is 10.6 Å². The molecule has 3 nitrogen and oxygen atoms in total. The quantitative estimate of drug-likeness (QED) is 0.844. The van der Waals surface area contributed by atoms with Gasteiger partial charge in [0.2, 0.25) is 0 Å². The van der Waals surface area contributed by atoms with Gasteiger partial charge in [-0.3, -0.25) is 0 Å². The van der Waals surface area contributed by atoms with Gasteiger partial charge >= 0.3 is 0 Å². The van der Waals surface area contributed by atoms with Crippen molar-refractivity contribution in [1.29, 1.82) is 0 Å². The molecule has 2 rings (SSSR count). The Hall–Kier alpha value is -1.45. The topological polar surface area (TPSA) is 37.0 Å². The van der Waals surface area contributed by atoms with Crippen LogP contribution in [0.2, 0.25) is 10.0 Å². The molecule has 1 unspecified atom stereocenters. The highest BCUT2D eigenvalue weighted by molar-refractivity contribution is 6.37. The van der Waals surface area contributed by atoms with Crippen LogP contribution in [0.5, 0.6) is 0 Å².